The first-order chi connectivity index (χ1) is 13.7. The lowest BCUT2D eigenvalue weighted by molar-refractivity contribution is -0.179. The van der Waals surface area contributed by atoms with E-state index in [9.17, 15) is 13.6 Å². The van der Waals surface area contributed by atoms with E-state index in [1.807, 2.05) is 18.7 Å². The van der Waals surface area contributed by atoms with Gasteiger partial charge >= 0.3 is 6.61 Å². The van der Waals surface area contributed by atoms with Gasteiger partial charge in [0, 0.05) is 17.4 Å². The molecule has 0 aromatic heterocycles. The van der Waals surface area contributed by atoms with Crippen LogP contribution < -0.4 is 5.32 Å². The number of ether oxygens (including phenoxy) is 1. The highest BCUT2D eigenvalue weighted by atomic mass is 79.9. The molecule has 1 N–H and O–H groups in total. The van der Waals surface area contributed by atoms with Crippen molar-refractivity contribution >= 4 is 43.8 Å². The molecule has 4 rings (SSSR count). The van der Waals surface area contributed by atoms with Gasteiger partial charge in [-0.3, -0.25) is 9.69 Å². The largest absolute Gasteiger partial charge is 0.345 e. The van der Waals surface area contributed by atoms with Gasteiger partial charge < -0.3 is 4.74 Å². The summed E-state index contributed by atoms with van der Waals surface area (Å²) in [6, 6.07) is 0.0183. The fraction of sp³-hybridized carbons (Fsp3) is 0.667. The van der Waals surface area contributed by atoms with E-state index >= 15 is 0 Å². The Kier molecular flexibility index (Phi) is 5.68. The van der Waals surface area contributed by atoms with E-state index in [1.54, 1.807) is 0 Å². The summed E-state index contributed by atoms with van der Waals surface area (Å²) in [5, 5.41) is 4.44. The molecule has 0 bridgehead atoms. The third kappa shape index (κ3) is 3.22. The predicted molar refractivity (Wildman–Crippen MR) is 117 cm³/mol. The Morgan fingerprint density at radius 3 is 2.59 bits per heavy atom. The molecule has 1 amide bonds. The number of rotatable bonds is 3. The molecule has 2 saturated carbocycles. The van der Waals surface area contributed by atoms with Gasteiger partial charge in [0.2, 0.25) is 0 Å². The molecule has 3 fully saturated rings. The molecular weight excluding hydrogens is 462 g/mol. The van der Waals surface area contributed by atoms with Gasteiger partial charge in [0.05, 0.1) is 6.10 Å². The number of nitrogens with zero attached hydrogens (tertiary/aromatic N) is 1. The molecule has 160 valence electrons. The summed E-state index contributed by atoms with van der Waals surface area (Å²) < 4.78 is 31.4. The van der Waals surface area contributed by atoms with Gasteiger partial charge in [-0.05, 0) is 62.7 Å². The summed E-state index contributed by atoms with van der Waals surface area (Å²) in [4.78, 5) is 15.9. The van der Waals surface area contributed by atoms with Crippen LogP contribution in [0.3, 0.4) is 0 Å². The maximum atomic E-state index is 14.0. The summed E-state index contributed by atoms with van der Waals surface area (Å²) in [7, 11) is 1.32. The Morgan fingerprint density at radius 2 is 2.03 bits per heavy atom. The monoisotopic (exact) mass is 488 g/mol. The van der Waals surface area contributed by atoms with Crippen LogP contribution in [0.5, 0.6) is 0 Å². The summed E-state index contributed by atoms with van der Waals surface area (Å²) in [6.45, 7) is 1.27. The Hall–Kier alpha value is -0.830. The Labute approximate surface area is 182 Å². The van der Waals surface area contributed by atoms with Crippen LogP contribution in [0.25, 0.3) is 0 Å². The maximum Gasteiger partial charge on any atom is 0.345 e. The van der Waals surface area contributed by atoms with Crippen molar-refractivity contribution in [3.63, 3.8) is 0 Å². The van der Waals surface area contributed by atoms with Crippen LogP contribution in [-0.2, 0) is 9.53 Å². The van der Waals surface area contributed by atoms with Gasteiger partial charge in [0.1, 0.15) is 10.7 Å². The number of nitrogens with one attached hydrogen (secondary N) is 1. The van der Waals surface area contributed by atoms with E-state index in [1.165, 1.54) is 16.5 Å². The van der Waals surface area contributed by atoms with Crippen molar-refractivity contribution in [3.05, 3.63) is 22.2 Å². The third-order valence-electron chi connectivity index (χ3n) is 7.14. The van der Waals surface area contributed by atoms with Crippen molar-refractivity contribution in [2.45, 2.75) is 76.7 Å². The van der Waals surface area contributed by atoms with Crippen molar-refractivity contribution in [1.82, 2.24) is 10.2 Å². The fourth-order valence-corrected chi connectivity index (χ4v) is 7.07. The second-order valence-corrected chi connectivity index (χ2v) is 10.5. The Morgan fingerprint density at radius 1 is 1.34 bits per heavy atom. The third-order valence-corrected chi connectivity index (χ3v) is 8.30. The van der Waals surface area contributed by atoms with Crippen molar-refractivity contribution < 1.29 is 18.3 Å². The molecule has 0 aromatic carbocycles. The number of allylic oxidation sites excluding steroid dienone is 3. The fourth-order valence-electron chi connectivity index (χ4n) is 5.95. The summed E-state index contributed by atoms with van der Waals surface area (Å²) in [5.41, 5.74) is 0.214. The highest BCUT2D eigenvalue weighted by molar-refractivity contribution is 9.11. The minimum absolute atomic E-state index is 0.0183. The van der Waals surface area contributed by atoms with Crippen molar-refractivity contribution in [2.24, 2.45) is 11.3 Å². The van der Waals surface area contributed by atoms with Crippen LogP contribution in [0.4, 0.5) is 8.78 Å². The summed E-state index contributed by atoms with van der Waals surface area (Å²) in [5.74, 6) is 4.12. The zero-order chi connectivity index (χ0) is 21.0. The van der Waals surface area contributed by atoms with Gasteiger partial charge in [-0.15, -0.1) is 10.9 Å². The van der Waals surface area contributed by atoms with Crippen molar-refractivity contribution in [3.8, 4) is 0 Å². The SMILES string of the molecule is C=S=C1NC2(C(=O)N1C(C)C)C1CC(Br)=CC=C1CC21CCC(OC(F)F)CC1. The van der Waals surface area contributed by atoms with Crippen LogP contribution >= 0.6 is 26.9 Å². The van der Waals surface area contributed by atoms with E-state index < -0.39 is 18.3 Å². The minimum atomic E-state index is -2.75. The summed E-state index contributed by atoms with van der Waals surface area (Å²) >= 11 is 3.64. The van der Waals surface area contributed by atoms with Crippen LogP contribution in [0.1, 0.15) is 52.4 Å². The lowest BCUT2D eigenvalue weighted by Gasteiger charge is -2.48. The Balaban J connectivity index is 1.76. The molecule has 4 aliphatic rings. The number of carbonyl (C=O) groups excluding carboxylic acids is 1. The molecule has 1 aliphatic heterocycles. The number of alkyl halides is 2. The van der Waals surface area contributed by atoms with E-state index in [0.29, 0.717) is 25.7 Å². The first-order valence-corrected chi connectivity index (χ1v) is 11.9. The molecule has 0 radical (unpaired) electrons. The van der Waals surface area contributed by atoms with Crippen LogP contribution in [0, 0.1) is 11.3 Å². The minimum Gasteiger partial charge on any atom is -0.320 e. The highest BCUT2D eigenvalue weighted by Crippen LogP contribution is 2.64. The average Bonchev–Trinajstić information content (AvgIpc) is 3.11. The van der Waals surface area contributed by atoms with Gasteiger partial charge in [-0.2, -0.15) is 8.78 Å². The second kappa shape index (κ2) is 7.70. The smallest absolute Gasteiger partial charge is 0.320 e. The van der Waals surface area contributed by atoms with Crippen molar-refractivity contribution in [2.75, 3.05) is 0 Å². The van der Waals surface area contributed by atoms with Crippen LogP contribution in [0.15, 0.2) is 22.2 Å². The van der Waals surface area contributed by atoms with E-state index in [0.717, 1.165) is 22.4 Å². The number of amides is 1. The van der Waals surface area contributed by atoms with Crippen LogP contribution in [-0.4, -0.2) is 46.1 Å². The van der Waals surface area contributed by atoms with Crippen molar-refractivity contribution in [1.29, 1.82) is 0 Å². The normalized spacial score (nSPS) is 37.0. The molecule has 8 heteroatoms. The van der Waals surface area contributed by atoms with Gasteiger partial charge in [0.25, 0.3) is 5.91 Å². The molecule has 1 heterocycles. The second-order valence-electron chi connectivity index (χ2n) is 8.82. The predicted octanol–water partition coefficient (Wildman–Crippen LogP) is 4.62. The number of halogens is 3. The van der Waals surface area contributed by atoms with Gasteiger partial charge in [-0.25, -0.2) is 5.32 Å². The number of carbonyl (C=O) groups is 1. The van der Waals surface area contributed by atoms with Gasteiger partial charge in [-0.1, -0.05) is 33.7 Å². The standard InChI is InChI=1S/C21H27BrF2N2O2S/c1-12(2)26-17(27)21(25-19(26)29-3)16-10-14(22)5-4-13(16)11-20(21)8-6-15(7-9-20)28-18(23)24/h4-5,12,15-16,18,25H,3,6-11H2,1-2H3. The number of fused-ring (bicyclic) bond motifs is 3. The van der Waals surface area contributed by atoms with Crippen LogP contribution in [0.2, 0.25) is 0 Å². The quantitative estimate of drug-likeness (QED) is 0.589. The first kappa shape index (κ1) is 21.4. The molecule has 1 saturated heterocycles. The zero-order valence-electron chi connectivity index (χ0n) is 16.7. The summed E-state index contributed by atoms with van der Waals surface area (Å²) in [6.07, 6.45) is 7.83. The topological polar surface area (TPSA) is 41.6 Å². The molecule has 2 atom stereocenters. The molecule has 3 aliphatic carbocycles. The molecule has 2 unspecified atom stereocenters. The average molecular weight is 489 g/mol. The van der Waals surface area contributed by atoms with E-state index in [-0.39, 0.29) is 23.3 Å². The zero-order valence-corrected chi connectivity index (χ0v) is 19.1. The van der Waals surface area contributed by atoms with E-state index in [4.69, 9.17) is 4.74 Å². The maximum absolute atomic E-state index is 14.0. The molecule has 4 nitrogen and oxygen atoms in total. The number of hydrogen-bond donors (Lipinski definition) is 1. The Bertz CT molecular complexity index is 829. The molecule has 0 aromatic rings. The van der Waals surface area contributed by atoms with Gasteiger partial charge in [0.15, 0.2) is 0 Å². The molecule has 2 spiro atoms. The number of hydrogen-bond acceptors (Lipinski definition) is 2. The highest BCUT2D eigenvalue weighted by Gasteiger charge is 2.70. The lowest BCUT2D eigenvalue weighted by Crippen LogP contribution is -2.62. The molecular formula is C21H27BrF2N2O2S. The lowest BCUT2D eigenvalue weighted by atomic mass is 9.60. The molecule has 29 heavy (non-hydrogen) atoms. The van der Waals surface area contributed by atoms with E-state index in [2.05, 4.69) is 39.3 Å². The first-order valence-electron chi connectivity index (χ1n) is 10.1.